The van der Waals surface area contributed by atoms with Gasteiger partial charge in [0.2, 0.25) is 0 Å². The SMILES string of the molecule is COc1ccc(OC)c(S(=O)(=O)Nc2nc(-c3ccc(OC)c(C)c3)c(C)s2)c1. The van der Waals surface area contributed by atoms with Gasteiger partial charge in [0.25, 0.3) is 10.0 Å². The number of nitrogens with zero attached hydrogens (tertiary/aromatic N) is 1. The third-order valence-corrected chi connectivity index (χ3v) is 6.72. The van der Waals surface area contributed by atoms with Gasteiger partial charge in [0.1, 0.15) is 22.1 Å². The van der Waals surface area contributed by atoms with Gasteiger partial charge in [0.05, 0.1) is 27.0 Å². The summed E-state index contributed by atoms with van der Waals surface area (Å²) in [6, 6.07) is 10.3. The minimum atomic E-state index is -3.92. The van der Waals surface area contributed by atoms with Gasteiger partial charge in [-0.05, 0) is 49.7 Å². The van der Waals surface area contributed by atoms with E-state index in [-0.39, 0.29) is 15.8 Å². The number of nitrogens with one attached hydrogen (secondary N) is 1. The van der Waals surface area contributed by atoms with Crippen molar-refractivity contribution in [2.24, 2.45) is 0 Å². The third kappa shape index (κ3) is 4.30. The Balaban J connectivity index is 1.96. The summed E-state index contributed by atoms with van der Waals surface area (Å²) in [6.45, 7) is 3.85. The molecule has 0 aliphatic carbocycles. The van der Waals surface area contributed by atoms with Gasteiger partial charge in [-0.1, -0.05) is 0 Å². The summed E-state index contributed by atoms with van der Waals surface area (Å²) in [5.41, 5.74) is 2.58. The second-order valence-electron chi connectivity index (χ2n) is 6.23. The summed E-state index contributed by atoms with van der Waals surface area (Å²) in [6.07, 6.45) is 0. The van der Waals surface area contributed by atoms with Crippen molar-refractivity contribution in [3.63, 3.8) is 0 Å². The summed E-state index contributed by atoms with van der Waals surface area (Å²) in [4.78, 5) is 5.37. The zero-order valence-electron chi connectivity index (χ0n) is 16.8. The Bertz CT molecular complexity index is 1140. The zero-order chi connectivity index (χ0) is 21.2. The van der Waals surface area contributed by atoms with Crippen molar-refractivity contribution < 1.29 is 22.6 Å². The molecule has 0 atom stereocenters. The molecule has 7 nitrogen and oxygen atoms in total. The van der Waals surface area contributed by atoms with Crippen molar-refractivity contribution in [3.8, 4) is 28.5 Å². The third-order valence-electron chi connectivity index (χ3n) is 4.35. The summed E-state index contributed by atoms with van der Waals surface area (Å²) in [5, 5.41) is 0.274. The van der Waals surface area contributed by atoms with E-state index in [0.29, 0.717) is 5.75 Å². The van der Waals surface area contributed by atoms with Crippen LogP contribution in [0, 0.1) is 13.8 Å². The quantitative estimate of drug-likeness (QED) is 0.598. The van der Waals surface area contributed by atoms with Gasteiger partial charge in [-0.3, -0.25) is 4.72 Å². The van der Waals surface area contributed by atoms with Gasteiger partial charge in [0, 0.05) is 16.5 Å². The molecule has 0 unspecified atom stereocenters. The maximum Gasteiger partial charge on any atom is 0.267 e. The van der Waals surface area contributed by atoms with Crippen LogP contribution in [0.15, 0.2) is 41.3 Å². The van der Waals surface area contributed by atoms with E-state index in [2.05, 4.69) is 9.71 Å². The van der Waals surface area contributed by atoms with Gasteiger partial charge in [-0.15, -0.1) is 11.3 Å². The van der Waals surface area contributed by atoms with Crippen LogP contribution in [-0.2, 0) is 10.0 Å². The van der Waals surface area contributed by atoms with E-state index in [1.54, 1.807) is 19.2 Å². The van der Waals surface area contributed by atoms with E-state index in [4.69, 9.17) is 14.2 Å². The lowest BCUT2D eigenvalue weighted by Crippen LogP contribution is -2.14. The van der Waals surface area contributed by atoms with E-state index < -0.39 is 10.0 Å². The van der Waals surface area contributed by atoms with E-state index in [1.165, 1.54) is 31.6 Å². The average Bonchev–Trinajstić information content (AvgIpc) is 3.06. The van der Waals surface area contributed by atoms with Crippen LogP contribution in [0.2, 0.25) is 0 Å². The molecule has 3 rings (SSSR count). The summed E-state index contributed by atoms with van der Waals surface area (Å²) >= 11 is 1.27. The Kier molecular flexibility index (Phi) is 5.99. The van der Waals surface area contributed by atoms with Gasteiger partial charge in [0.15, 0.2) is 5.13 Å². The molecule has 29 heavy (non-hydrogen) atoms. The van der Waals surface area contributed by atoms with Crippen molar-refractivity contribution in [2.75, 3.05) is 26.1 Å². The number of rotatable bonds is 7. The second kappa shape index (κ2) is 8.30. The molecule has 2 aromatic carbocycles. The molecule has 0 spiro atoms. The molecule has 9 heteroatoms. The molecule has 0 amide bonds. The van der Waals surface area contributed by atoms with Gasteiger partial charge in [-0.25, -0.2) is 13.4 Å². The minimum Gasteiger partial charge on any atom is -0.497 e. The van der Waals surface area contributed by atoms with Crippen LogP contribution < -0.4 is 18.9 Å². The fraction of sp³-hybridized carbons (Fsp3) is 0.250. The topological polar surface area (TPSA) is 86.8 Å². The lowest BCUT2D eigenvalue weighted by atomic mass is 10.1. The second-order valence-corrected chi connectivity index (χ2v) is 9.08. The van der Waals surface area contributed by atoms with Crippen molar-refractivity contribution in [1.29, 1.82) is 0 Å². The molecule has 1 heterocycles. The predicted molar refractivity (Wildman–Crippen MR) is 114 cm³/mol. The van der Waals surface area contributed by atoms with E-state index in [0.717, 1.165) is 27.4 Å². The zero-order valence-corrected chi connectivity index (χ0v) is 18.4. The van der Waals surface area contributed by atoms with Crippen molar-refractivity contribution in [2.45, 2.75) is 18.7 Å². The molecular weight excluding hydrogens is 412 g/mol. The Labute approximate surface area is 174 Å². The number of thiazole rings is 1. The molecule has 0 aliphatic heterocycles. The fourth-order valence-electron chi connectivity index (χ4n) is 2.90. The van der Waals surface area contributed by atoms with Gasteiger partial charge < -0.3 is 14.2 Å². The molecule has 1 aromatic heterocycles. The minimum absolute atomic E-state index is 0.0194. The molecule has 3 aromatic rings. The maximum atomic E-state index is 12.9. The number of anilines is 1. The normalized spacial score (nSPS) is 11.2. The molecule has 1 N–H and O–H groups in total. The fourth-order valence-corrected chi connectivity index (χ4v) is 5.15. The first kappa shape index (κ1) is 20.9. The highest BCUT2D eigenvalue weighted by molar-refractivity contribution is 7.93. The molecule has 154 valence electrons. The van der Waals surface area contributed by atoms with Gasteiger partial charge in [-0.2, -0.15) is 0 Å². The van der Waals surface area contributed by atoms with Crippen LogP contribution in [-0.4, -0.2) is 34.7 Å². The monoisotopic (exact) mass is 434 g/mol. The Morgan fingerprint density at radius 1 is 0.931 bits per heavy atom. The molecule has 0 aliphatic rings. The highest BCUT2D eigenvalue weighted by atomic mass is 32.2. The first-order valence-electron chi connectivity index (χ1n) is 8.66. The van der Waals surface area contributed by atoms with Crippen LogP contribution in [0.5, 0.6) is 17.2 Å². The molecular formula is C20H22N2O5S2. The van der Waals surface area contributed by atoms with Crippen LogP contribution in [0.4, 0.5) is 5.13 Å². The predicted octanol–water partition coefficient (Wildman–Crippen LogP) is 4.25. The molecule has 0 saturated carbocycles. The molecule has 0 saturated heterocycles. The molecule has 0 fully saturated rings. The largest absolute Gasteiger partial charge is 0.497 e. The first-order valence-corrected chi connectivity index (χ1v) is 11.0. The lowest BCUT2D eigenvalue weighted by Gasteiger charge is -2.11. The Morgan fingerprint density at radius 2 is 1.62 bits per heavy atom. The number of benzene rings is 2. The summed E-state index contributed by atoms with van der Waals surface area (Å²) < 4.78 is 44.1. The number of methoxy groups -OCH3 is 3. The number of ether oxygens (including phenoxy) is 3. The number of aryl methyl sites for hydroxylation is 2. The number of aromatic nitrogens is 1. The highest BCUT2D eigenvalue weighted by Crippen LogP contribution is 2.35. The van der Waals surface area contributed by atoms with Crippen LogP contribution in [0.3, 0.4) is 0 Å². The van der Waals surface area contributed by atoms with Crippen molar-refractivity contribution in [3.05, 3.63) is 46.8 Å². The number of hydrogen-bond acceptors (Lipinski definition) is 7. The Hall–Kier alpha value is -2.78. The van der Waals surface area contributed by atoms with Gasteiger partial charge >= 0.3 is 0 Å². The van der Waals surface area contributed by atoms with Crippen molar-refractivity contribution >= 4 is 26.5 Å². The maximum absolute atomic E-state index is 12.9. The number of hydrogen-bond donors (Lipinski definition) is 1. The van der Waals surface area contributed by atoms with E-state index in [9.17, 15) is 8.42 Å². The average molecular weight is 435 g/mol. The van der Waals surface area contributed by atoms with E-state index >= 15 is 0 Å². The standard InChI is InChI=1S/C20H22N2O5S2/c1-12-10-14(6-8-16(12)26-4)19-13(2)28-20(21-19)22-29(23,24)18-11-15(25-3)7-9-17(18)27-5/h6-11H,1-5H3,(H,21,22). The lowest BCUT2D eigenvalue weighted by molar-refractivity contribution is 0.392. The van der Waals surface area contributed by atoms with Crippen LogP contribution in [0.1, 0.15) is 10.4 Å². The van der Waals surface area contributed by atoms with Crippen LogP contribution in [0.25, 0.3) is 11.3 Å². The first-order chi connectivity index (χ1) is 13.8. The van der Waals surface area contributed by atoms with E-state index in [1.807, 2.05) is 32.0 Å². The summed E-state index contributed by atoms with van der Waals surface area (Å²) in [7, 11) is 0.587. The molecule has 0 bridgehead atoms. The highest BCUT2D eigenvalue weighted by Gasteiger charge is 2.23. The Morgan fingerprint density at radius 3 is 2.24 bits per heavy atom. The smallest absolute Gasteiger partial charge is 0.267 e. The number of sulfonamides is 1. The van der Waals surface area contributed by atoms with Crippen molar-refractivity contribution in [1.82, 2.24) is 4.98 Å². The molecule has 0 radical (unpaired) electrons. The van der Waals surface area contributed by atoms with Crippen LogP contribution >= 0.6 is 11.3 Å². The summed E-state index contributed by atoms with van der Waals surface area (Å²) in [5.74, 6) is 1.42.